The number of amides is 2. The summed E-state index contributed by atoms with van der Waals surface area (Å²) < 4.78 is 0. The van der Waals surface area contributed by atoms with Gasteiger partial charge in [0, 0.05) is 16.5 Å². The third-order valence-electron chi connectivity index (χ3n) is 3.85. The molecule has 0 aliphatic carbocycles. The zero-order valence-corrected chi connectivity index (χ0v) is 11.2. The number of carbonyl (C=O) groups excluding carboxylic acids is 2. The molecule has 0 unspecified atom stereocenters. The van der Waals surface area contributed by atoms with E-state index in [-0.39, 0.29) is 18.4 Å². The molecule has 2 aromatic carbocycles. The van der Waals surface area contributed by atoms with Crippen molar-refractivity contribution in [1.82, 2.24) is 4.90 Å². The molecule has 1 heterocycles. The molecule has 0 saturated heterocycles. The van der Waals surface area contributed by atoms with Crippen LogP contribution in [-0.2, 0) is 0 Å². The van der Waals surface area contributed by atoms with Crippen LogP contribution in [0, 0.1) is 0 Å². The average molecular weight is 269 g/mol. The first-order valence-corrected chi connectivity index (χ1v) is 6.69. The van der Waals surface area contributed by atoms with Gasteiger partial charge in [0.2, 0.25) is 0 Å². The number of aliphatic hydroxyl groups excluding tert-OH is 1. The average Bonchev–Trinajstić information content (AvgIpc) is 2.49. The second kappa shape index (κ2) is 4.72. The van der Waals surface area contributed by atoms with Gasteiger partial charge in [-0.25, -0.2) is 0 Å². The van der Waals surface area contributed by atoms with Crippen LogP contribution in [0.3, 0.4) is 0 Å². The van der Waals surface area contributed by atoms with Gasteiger partial charge in [0.1, 0.15) is 0 Å². The summed E-state index contributed by atoms with van der Waals surface area (Å²) in [6, 6.07) is 10.4. The smallest absolute Gasteiger partial charge is 0.261 e. The maximum Gasteiger partial charge on any atom is 0.261 e. The molecule has 2 amide bonds. The summed E-state index contributed by atoms with van der Waals surface area (Å²) in [7, 11) is 0. The number of hydrogen-bond acceptors (Lipinski definition) is 3. The lowest BCUT2D eigenvalue weighted by atomic mass is 9.93. The fourth-order valence-corrected chi connectivity index (χ4v) is 2.77. The molecule has 1 atom stereocenters. The quantitative estimate of drug-likeness (QED) is 0.869. The van der Waals surface area contributed by atoms with Gasteiger partial charge in [0.05, 0.1) is 12.6 Å². The molecule has 0 bridgehead atoms. The highest BCUT2D eigenvalue weighted by atomic mass is 16.3. The minimum Gasteiger partial charge on any atom is -0.394 e. The Morgan fingerprint density at radius 2 is 1.60 bits per heavy atom. The predicted octanol–water partition coefficient (Wildman–Crippen LogP) is 2.21. The van der Waals surface area contributed by atoms with E-state index in [0.29, 0.717) is 22.9 Å². The van der Waals surface area contributed by atoms with Gasteiger partial charge in [-0.3, -0.25) is 14.5 Å². The highest BCUT2D eigenvalue weighted by Gasteiger charge is 2.36. The Kier molecular flexibility index (Phi) is 3.03. The van der Waals surface area contributed by atoms with Crippen molar-refractivity contribution in [3.63, 3.8) is 0 Å². The van der Waals surface area contributed by atoms with Gasteiger partial charge < -0.3 is 5.11 Å². The molecular weight excluding hydrogens is 254 g/mol. The van der Waals surface area contributed by atoms with Crippen molar-refractivity contribution in [2.45, 2.75) is 19.4 Å². The van der Waals surface area contributed by atoms with E-state index in [4.69, 9.17) is 0 Å². The van der Waals surface area contributed by atoms with Crippen LogP contribution in [0.15, 0.2) is 36.4 Å². The van der Waals surface area contributed by atoms with E-state index >= 15 is 0 Å². The van der Waals surface area contributed by atoms with Crippen LogP contribution in [0.4, 0.5) is 0 Å². The normalized spacial score (nSPS) is 15.8. The second-order valence-corrected chi connectivity index (χ2v) is 4.93. The van der Waals surface area contributed by atoms with Crippen LogP contribution in [-0.4, -0.2) is 34.5 Å². The number of hydrogen-bond donors (Lipinski definition) is 1. The van der Waals surface area contributed by atoms with E-state index in [1.807, 2.05) is 31.2 Å². The summed E-state index contributed by atoms with van der Waals surface area (Å²) in [6.45, 7) is 1.63. The lowest BCUT2D eigenvalue weighted by molar-refractivity contribution is 0.0466. The lowest BCUT2D eigenvalue weighted by Gasteiger charge is -2.32. The topological polar surface area (TPSA) is 57.6 Å². The van der Waals surface area contributed by atoms with Crippen LogP contribution >= 0.6 is 0 Å². The predicted molar refractivity (Wildman–Crippen MR) is 75.6 cm³/mol. The third-order valence-corrected chi connectivity index (χ3v) is 3.85. The minimum absolute atomic E-state index is 0.216. The minimum atomic E-state index is -0.474. The second-order valence-electron chi connectivity index (χ2n) is 4.93. The van der Waals surface area contributed by atoms with Gasteiger partial charge in [-0.1, -0.05) is 31.2 Å². The standard InChI is InChI=1S/C16H15NO3/c1-2-11(9-18)17-15(19)12-7-3-5-10-6-4-8-13(14(10)12)16(17)20/h3-8,11,18H,2,9H2,1H3/t11-/m1/s1. The molecule has 0 radical (unpaired) electrons. The van der Waals surface area contributed by atoms with Gasteiger partial charge in [-0.2, -0.15) is 0 Å². The summed E-state index contributed by atoms with van der Waals surface area (Å²) in [5.74, 6) is -0.639. The van der Waals surface area contributed by atoms with E-state index < -0.39 is 6.04 Å². The highest BCUT2D eigenvalue weighted by Crippen LogP contribution is 2.31. The number of carbonyl (C=O) groups is 2. The fourth-order valence-electron chi connectivity index (χ4n) is 2.77. The maximum atomic E-state index is 12.6. The Hall–Kier alpha value is -2.20. The maximum absolute atomic E-state index is 12.6. The number of imide groups is 1. The molecule has 4 nitrogen and oxygen atoms in total. The number of rotatable bonds is 3. The molecule has 1 N–H and O–H groups in total. The summed E-state index contributed by atoms with van der Waals surface area (Å²) in [5.41, 5.74) is 1.06. The van der Waals surface area contributed by atoms with Crippen LogP contribution in [0.2, 0.25) is 0 Å². The Morgan fingerprint density at radius 1 is 1.05 bits per heavy atom. The van der Waals surface area contributed by atoms with Crippen molar-refractivity contribution in [2.75, 3.05) is 6.61 Å². The first kappa shape index (κ1) is 12.8. The molecule has 0 fully saturated rings. The van der Waals surface area contributed by atoms with Gasteiger partial charge in [0.25, 0.3) is 11.8 Å². The molecule has 20 heavy (non-hydrogen) atoms. The van der Waals surface area contributed by atoms with Crippen molar-refractivity contribution < 1.29 is 14.7 Å². The Morgan fingerprint density at radius 3 is 2.05 bits per heavy atom. The molecule has 0 saturated carbocycles. The Labute approximate surface area is 116 Å². The van der Waals surface area contributed by atoms with E-state index in [2.05, 4.69) is 0 Å². The van der Waals surface area contributed by atoms with E-state index in [0.717, 1.165) is 5.39 Å². The summed E-state index contributed by atoms with van der Waals surface area (Å²) in [4.78, 5) is 26.3. The van der Waals surface area contributed by atoms with Crippen molar-refractivity contribution in [2.24, 2.45) is 0 Å². The molecule has 0 spiro atoms. The number of benzene rings is 2. The molecule has 0 aromatic heterocycles. The lowest BCUT2D eigenvalue weighted by Crippen LogP contribution is -2.48. The van der Waals surface area contributed by atoms with Crippen molar-refractivity contribution in [1.29, 1.82) is 0 Å². The molecule has 2 aromatic rings. The zero-order chi connectivity index (χ0) is 14.3. The van der Waals surface area contributed by atoms with E-state index in [1.54, 1.807) is 12.1 Å². The highest BCUT2D eigenvalue weighted by molar-refractivity contribution is 6.25. The third kappa shape index (κ3) is 1.65. The molecule has 1 aliphatic rings. The largest absolute Gasteiger partial charge is 0.394 e. The first-order valence-electron chi connectivity index (χ1n) is 6.69. The van der Waals surface area contributed by atoms with Gasteiger partial charge in [0.15, 0.2) is 0 Å². The molecular formula is C16H15NO3. The van der Waals surface area contributed by atoms with E-state index in [9.17, 15) is 14.7 Å². The SMILES string of the molecule is CC[C@H](CO)N1C(=O)c2cccc3cccc(c23)C1=O. The zero-order valence-electron chi connectivity index (χ0n) is 11.2. The molecule has 3 rings (SSSR count). The van der Waals surface area contributed by atoms with Crippen LogP contribution in [0.1, 0.15) is 34.1 Å². The van der Waals surface area contributed by atoms with Crippen molar-refractivity contribution in [3.05, 3.63) is 47.5 Å². The Bertz CT molecular complexity index is 653. The first-order chi connectivity index (χ1) is 9.69. The number of aliphatic hydroxyl groups is 1. The molecule has 102 valence electrons. The van der Waals surface area contributed by atoms with Crippen LogP contribution in [0.5, 0.6) is 0 Å². The summed E-state index contributed by atoms with van der Waals surface area (Å²) in [5, 5.41) is 11.0. The van der Waals surface area contributed by atoms with Gasteiger partial charge in [-0.15, -0.1) is 0 Å². The molecule has 1 aliphatic heterocycles. The Balaban J connectivity index is 2.26. The fraction of sp³-hybridized carbons (Fsp3) is 0.250. The summed E-state index contributed by atoms with van der Waals surface area (Å²) >= 11 is 0. The monoisotopic (exact) mass is 269 g/mol. The van der Waals surface area contributed by atoms with E-state index in [1.165, 1.54) is 4.90 Å². The van der Waals surface area contributed by atoms with Gasteiger partial charge in [-0.05, 0) is 23.9 Å². The van der Waals surface area contributed by atoms with Crippen molar-refractivity contribution >= 4 is 22.6 Å². The number of nitrogens with zero attached hydrogens (tertiary/aromatic N) is 1. The van der Waals surface area contributed by atoms with Crippen LogP contribution in [0.25, 0.3) is 10.8 Å². The summed E-state index contributed by atoms with van der Waals surface area (Å²) in [6.07, 6.45) is 0.534. The molecule has 4 heteroatoms. The van der Waals surface area contributed by atoms with Crippen LogP contribution < -0.4 is 0 Å². The van der Waals surface area contributed by atoms with Crippen molar-refractivity contribution in [3.8, 4) is 0 Å². The van der Waals surface area contributed by atoms with Gasteiger partial charge >= 0.3 is 0 Å².